The number of hydrogen-bond acceptors (Lipinski definition) is 5. The first-order valence-corrected chi connectivity index (χ1v) is 4.66. The molecule has 6 heteroatoms. The summed E-state index contributed by atoms with van der Waals surface area (Å²) in [7, 11) is 0. The van der Waals surface area contributed by atoms with Gasteiger partial charge in [-0.25, -0.2) is 4.98 Å². The van der Waals surface area contributed by atoms with Crippen molar-refractivity contribution < 1.29 is 4.92 Å². The summed E-state index contributed by atoms with van der Waals surface area (Å²) in [5, 5.41) is 11.0. The number of anilines is 1. The van der Waals surface area contributed by atoms with Gasteiger partial charge in [-0.2, -0.15) is 0 Å². The summed E-state index contributed by atoms with van der Waals surface area (Å²) in [5.41, 5.74) is 5.39. The Bertz CT molecular complexity index is 330. The predicted octanol–water partition coefficient (Wildman–Crippen LogP) is 1.68. The molecule has 0 aliphatic carbocycles. The maximum Gasteiger partial charge on any atom is 0.275 e. The van der Waals surface area contributed by atoms with Gasteiger partial charge in [-0.1, -0.05) is 6.92 Å². The van der Waals surface area contributed by atoms with Crippen molar-refractivity contribution in [3.63, 3.8) is 0 Å². The minimum atomic E-state index is -0.474. The van der Waals surface area contributed by atoms with Crippen LogP contribution in [0, 0.1) is 10.1 Å². The molecule has 0 saturated carbocycles. The van der Waals surface area contributed by atoms with Crippen LogP contribution in [0.1, 0.15) is 6.92 Å². The Morgan fingerprint density at radius 1 is 1.69 bits per heavy atom. The fraction of sp³-hybridized carbons (Fsp3) is 0.286. The van der Waals surface area contributed by atoms with Crippen LogP contribution in [0.2, 0.25) is 0 Å². The summed E-state index contributed by atoms with van der Waals surface area (Å²) in [6.45, 7) is 1.95. The number of pyridine rings is 1. The first kappa shape index (κ1) is 9.79. The van der Waals surface area contributed by atoms with Crippen molar-refractivity contribution in [2.45, 2.75) is 11.9 Å². The highest BCUT2D eigenvalue weighted by Gasteiger charge is 2.09. The molecule has 0 bridgehead atoms. The summed E-state index contributed by atoms with van der Waals surface area (Å²) in [5.74, 6) is 0.998. The normalized spacial score (nSPS) is 9.92. The van der Waals surface area contributed by atoms with Crippen LogP contribution in [0.4, 0.5) is 11.5 Å². The van der Waals surface area contributed by atoms with E-state index in [9.17, 15) is 10.1 Å². The Balaban J connectivity index is 3.03. The average Bonchev–Trinajstić information content (AvgIpc) is 2.03. The maximum absolute atomic E-state index is 10.4. The zero-order chi connectivity index (χ0) is 9.84. The second-order valence-corrected chi connectivity index (χ2v) is 3.56. The van der Waals surface area contributed by atoms with Gasteiger partial charge in [-0.05, 0) is 5.75 Å². The molecule has 0 fully saturated rings. The topological polar surface area (TPSA) is 82.0 Å². The molecule has 0 saturated heterocycles. The Morgan fingerprint density at radius 3 is 2.92 bits per heavy atom. The monoisotopic (exact) mass is 199 g/mol. The Kier molecular flexibility index (Phi) is 3.07. The van der Waals surface area contributed by atoms with E-state index >= 15 is 0 Å². The van der Waals surface area contributed by atoms with E-state index in [0.29, 0.717) is 5.03 Å². The van der Waals surface area contributed by atoms with Crippen LogP contribution in [0.3, 0.4) is 0 Å². The number of nitro groups is 1. The maximum atomic E-state index is 10.4. The van der Waals surface area contributed by atoms with Gasteiger partial charge in [0.2, 0.25) is 0 Å². The molecule has 1 heterocycles. The molecule has 0 aromatic carbocycles. The van der Waals surface area contributed by atoms with Gasteiger partial charge in [0.15, 0.2) is 0 Å². The van der Waals surface area contributed by atoms with E-state index in [-0.39, 0.29) is 11.5 Å². The highest BCUT2D eigenvalue weighted by atomic mass is 32.2. The van der Waals surface area contributed by atoms with Gasteiger partial charge in [-0.15, -0.1) is 11.8 Å². The smallest absolute Gasteiger partial charge is 0.275 e. The molecule has 2 N–H and O–H groups in total. The van der Waals surface area contributed by atoms with Gasteiger partial charge < -0.3 is 5.73 Å². The molecular weight excluding hydrogens is 190 g/mol. The van der Waals surface area contributed by atoms with Crippen molar-refractivity contribution in [3.05, 3.63) is 22.2 Å². The standard InChI is InChI=1S/C7H9N3O2S/c1-2-13-7-4-5(10(11)12)3-6(8)9-7/h3-4H,2H2,1H3,(H2,8,9). The average molecular weight is 199 g/mol. The van der Waals surface area contributed by atoms with Gasteiger partial charge in [0.1, 0.15) is 10.8 Å². The number of rotatable bonds is 3. The first-order valence-electron chi connectivity index (χ1n) is 3.68. The highest BCUT2D eigenvalue weighted by molar-refractivity contribution is 7.99. The molecule has 1 aromatic rings. The second-order valence-electron chi connectivity index (χ2n) is 2.28. The van der Waals surface area contributed by atoms with E-state index in [1.165, 1.54) is 23.9 Å². The van der Waals surface area contributed by atoms with Gasteiger partial charge in [0.25, 0.3) is 5.69 Å². The number of nitrogen functional groups attached to an aromatic ring is 1. The first-order chi connectivity index (χ1) is 6.13. The number of nitrogens with two attached hydrogens (primary N) is 1. The third kappa shape index (κ3) is 2.59. The summed E-state index contributed by atoms with van der Waals surface area (Å²) in [6.07, 6.45) is 0. The Labute approximate surface area is 79.5 Å². The summed E-state index contributed by atoms with van der Waals surface area (Å²) < 4.78 is 0. The van der Waals surface area contributed by atoms with E-state index < -0.39 is 4.92 Å². The fourth-order valence-electron chi connectivity index (χ4n) is 0.839. The summed E-state index contributed by atoms with van der Waals surface area (Å²) >= 11 is 1.43. The summed E-state index contributed by atoms with van der Waals surface area (Å²) in [4.78, 5) is 13.9. The van der Waals surface area contributed by atoms with Crippen LogP contribution >= 0.6 is 11.8 Å². The van der Waals surface area contributed by atoms with E-state index in [0.717, 1.165) is 5.75 Å². The number of aromatic nitrogens is 1. The molecule has 0 amide bonds. The zero-order valence-corrected chi connectivity index (χ0v) is 7.87. The van der Waals surface area contributed by atoms with Crippen LogP contribution in [0.15, 0.2) is 17.2 Å². The SMILES string of the molecule is CCSc1cc([N+](=O)[O-])cc(N)n1. The van der Waals surface area contributed by atoms with Crippen molar-refractivity contribution in [1.29, 1.82) is 0 Å². The molecule has 0 atom stereocenters. The van der Waals surface area contributed by atoms with E-state index in [2.05, 4.69) is 4.98 Å². The van der Waals surface area contributed by atoms with Gasteiger partial charge >= 0.3 is 0 Å². The highest BCUT2D eigenvalue weighted by Crippen LogP contribution is 2.22. The summed E-state index contributed by atoms with van der Waals surface area (Å²) in [6, 6.07) is 2.67. The third-order valence-corrected chi connectivity index (χ3v) is 2.10. The van der Waals surface area contributed by atoms with Crippen LogP contribution in [-0.4, -0.2) is 15.7 Å². The third-order valence-electron chi connectivity index (χ3n) is 1.31. The largest absolute Gasteiger partial charge is 0.383 e. The van der Waals surface area contributed by atoms with Crippen LogP contribution in [-0.2, 0) is 0 Å². The molecule has 0 aliphatic rings. The molecule has 0 unspecified atom stereocenters. The zero-order valence-electron chi connectivity index (χ0n) is 7.06. The molecule has 70 valence electrons. The van der Waals surface area contributed by atoms with Crippen molar-refractivity contribution in [2.75, 3.05) is 11.5 Å². The van der Waals surface area contributed by atoms with E-state index in [4.69, 9.17) is 5.73 Å². The van der Waals surface area contributed by atoms with E-state index in [1.54, 1.807) is 0 Å². The van der Waals surface area contributed by atoms with Gasteiger partial charge in [0, 0.05) is 6.07 Å². The van der Waals surface area contributed by atoms with Crippen molar-refractivity contribution in [2.24, 2.45) is 0 Å². The lowest BCUT2D eigenvalue weighted by molar-refractivity contribution is -0.385. The van der Waals surface area contributed by atoms with Crippen LogP contribution < -0.4 is 5.73 Å². The van der Waals surface area contributed by atoms with Crippen molar-refractivity contribution in [3.8, 4) is 0 Å². The number of thioether (sulfide) groups is 1. The minimum absolute atomic E-state index is 0.0107. The fourth-order valence-corrected chi connectivity index (χ4v) is 1.51. The molecule has 0 radical (unpaired) electrons. The number of nitrogens with zero attached hydrogens (tertiary/aromatic N) is 2. The molecule has 1 rings (SSSR count). The quantitative estimate of drug-likeness (QED) is 0.455. The predicted molar refractivity (Wildman–Crippen MR) is 51.7 cm³/mol. The molecular formula is C7H9N3O2S. The lowest BCUT2D eigenvalue weighted by atomic mass is 10.4. The molecule has 5 nitrogen and oxygen atoms in total. The lowest BCUT2D eigenvalue weighted by Gasteiger charge is -1.99. The minimum Gasteiger partial charge on any atom is -0.383 e. The Morgan fingerprint density at radius 2 is 2.38 bits per heavy atom. The number of hydrogen-bond donors (Lipinski definition) is 1. The van der Waals surface area contributed by atoms with Crippen molar-refractivity contribution >= 4 is 23.3 Å². The van der Waals surface area contributed by atoms with Crippen LogP contribution in [0.5, 0.6) is 0 Å². The second kappa shape index (κ2) is 4.08. The molecule has 0 aliphatic heterocycles. The van der Waals surface area contributed by atoms with Crippen LogP contribution in [0.25, 0.3) is 0 Å². The molecule has 13 heavy (non-hydrogen) atoms. The molecule has 0 spiro atoms. The van der Waals surface area contributed by atoms with Crippen molar-refractivity contribution in [1.82, 2.24) is 4.98 Å². The van der Waals surface area contributed by atoms with Gasteiger partial charge in [0.05, 0.1) is 11.0 Å². The molecule has 1 aromatic heterocycles. The van der Waals surface area contributed by atoms with Gasteiger partial charge in [-0.3, -0.25) is 10.1 Å². The Hall–Kier alpha value is -1.30. The lowest BCUT2D eigenvalue weighted by Crippen LogP contribution is -1.95. The van der Waals surface area contributed by atoms with E-state index in [1.807, 2.05) is 6.92 Å².